The van der Waals surface area contributed by atoms with E-state index in [-0.39, 0.29) is 6.10 Å². The summed E-state index contributed by atoms with van der Waals surface area (Å²) in [5, 5.41) is 13.3. The van der Waals surface area contributed by atoms with E-state index in [1.165, 1.54) is 51.7 Å². The zero-order valence-electron chi connectivity index (χ0n) is 10.3. The second-order valence-electron chi connectivity index (χ2n) is 5.36. The molecule has 2 aliphatic rings. The molecule has 0 bridgehead atoms. The summed E-state index contributed by atoms with van der Waals surface area (Å²) in [6, 6.07) is 0. The predicted octanol–water partition coefficient (Wildman–Crippen LogP) is 1.22. The van der Waals surface area contributed by atoms with E-state index in [4.69, 9.17) is 0 Å². The van der Waals surface area contributed by atoms with E-state index in [9.17, 15) is 5.11 Å². The van der Waals surface area contributed by atoms with Crippen molar-refractivity contribution in [1.82, 2.24) is 10.2 Å². The van der Waals surface area contributed by atoms with Crippen LogP contribution in [0.2, 0.25) is 0 Å². The Hall–Kier alpha value is -0.120. The third-order valence-electron chi connectivity index (χ3n) is 4.08. The first-order chi connectivity index (χ1) is 7.86. The molecule has 3 nitrogen and oxygen atoms in total. The second-order valence-corrected chi connectivity index (χ2v) is 5.36. The molecule has 2 fully saturated rings. The Bertz CT molecular complexity index is 192. The fourth-order valence-electron chi connectivity index (χ4n) is 2.96. The standard InChI is InChI=1S/C13H26N2O/c16-13-6-2-1-5-12(13)11-14-7-10-15-8-3-4-9-15/h12-14,16H,1-11H2. The van der Waals surface area contributed by atoms with Gasteiger partial charge in [0.1, 0.15) is 0 Å². The number of rotatable bonds is 5. The van der Waals surface area contributed by atoms with Gasteiger partial charge in [-0.2, -0.15) is 0 Å². The molecule has 2 unspecified atom stereocenters. The van der Waals surface area contributed by atoms with Crippen LogP contribution in [-0.2, 0) is 0 Å². The number of hydrogen-bond acceptors (Lipinski definition) is 3. The Kier molecular flexibility index (Phi) is 5.07. The number of aliphatic hydroxyl groups excluding tert-OH is 1. The smallest absolute Gasteiger partial charge is 0.0580 e. The van der Waals surface area contributed by atoms with Gasteiger partial charge in [0.25, 0.3) is 0 Å². The van der Waals surface area contributed by atoms with E-state index < -0.39 is 0 Å². The van der Waals surface area contributed by atoms with Crippen molar-refractivity contribution in [1.29, 1.82) is 0 Å². The Morgan fingerprint density at radius 2 is 1.81 bits per heavy atom. The molecule has 2 rings (SSSR count). The molecule has 0 radical (unpaired) electrons. The van der Waals surface area contributed by atoms with E-state index >= 15 is 0 Å². The highest BCUT2D eigenvalue weighted by Gasteiger charge is 2.22. The minimum absolute atomic E-state index is 0.0481. The number of nitrogens with zero attached hydrogens (tertiary/aromatic N) is 1. The molecule has 1 aliphatic heterocycles. The lowest BCUT2D eigenvalue weighted by Gasteiger charge is -2.28. The fourth-order valence-corrected chi connectivity index (χ4v) is 2.96. The lowest BCUT2D eigenvalue weighted by molar-refractivity contribution is 0.0694. The lowest BCUT2D eigenvalue weighted by Crippen LogP contribution is -2.37. The van der Waals surface area contributed by atoms with Crippen molar-refractivity contribution in [2.45, 2.75) is 44.6 Å². The number of aliphatic hydroxyl groups is 1. The molecule has 2 atom stereocenters. The van der Waals surface area contributed by atoms with E-state index in [1.54, 1.807) is 0 Å². The van der Waals surface area contributed by atoms with E-state index in [0.29, 0.717) is 5.92 Å². The van der Waals surface area contributed by atoms with Crippen molar-refractivity contribution in [2.75, 3.05) is 32.7 Å². The largest absolute Gasteiger partial charge is 0.393 e. The summed E-state index contributed by atoms with van der Waals surface area (Å²) in [5.41, 5.74) is 0. The Labute approximate surface area is 99.2 Å². The molecular weight excluding hydrogens is 200 g/mol. The summed E-state index contributed by atoms with van der Waals surface area (Å²) in [6.07, 6.45) is 7.44. The van der Waals surface area contributed by atoms with Gasteiger partial charge in [-0.25, -0.2) is 0 Å². The van der Waals surface area contributed by atoms with Crippen LogP contribution >= 0.6 is 0 Å². The zero-order chi connectivity index (χ0) is 11.2. The molecule has 0 aromatic heterocycles. The minimum atomic E-state index is -0.0481. The van der Waals surface area contributed by atoms with Crippen molar-refractivity contribution < 1.29 is 5.11 Å². The molecule has 94 valence electrons. The number of nitrogens with one attached hydrogen (secondary N) is 1. The first-order valence-electron chi connectivity index (χ1n) is 6.97. The Balaban J connectivity index is 1.53. The molecule has 3 heteroatoms. The average Bonchev–Trinajstić information content (AvgIpc) is 2.79. The summed E-state index contributed by atoms with van der Waals surface area (Å²) < 4.78 is 0. The molecule has 2 N–H and O–H groups in total. The Morgan fingerprint density at radius 3 is 2.56 bits per heavy atom. The van der Waals surface area contributed by atoms with Crippen molar-refractivity contribution >= 4 is 0 Å². The summed E-state index contributed by atoms with van der Waals surface area (Å²) in [4.78, 5) is 2.53. The lowest BCUT2D eigenvalue weighted by atomic mass is 9.86. The van der Waals surface area contributed by atoms with Gasteiger partial charge in [-0.1, -0.05) is 12.8 Å². The van der Waals surface area contributed by atoms with Gasteiger partial charge in [-0.15, -0.1) is 0 Å². The van der Waals surface area contributed by atoms with Crippen LogP contribution in [-0.4, -0.2) is 48.8 Å². The van der Waals surface area contributed by atoms with Gasteiger partial charge in [0.15, 0.2) is 0 Å². The highest BCUT2D eigenvalue weighted by Crippen LogP contribution is 2.23. The van der Waals surface area contributed by atoms with Crippen molar-refractivity contribution in [3.63, 3.8) is 0 Å². The highest BCUT2D eigenvalue weighted by atomic mass is 16.3. The quantitative estimate of drug-likeness (QED) is 0.692. The van der Waals surface area contributed by atoms with Crippen LogP contribution in [0.4, 0.5) is 0 Å². The third-order valence-corrected chi connectivity index (χ3v) is 4.08. The molecule has 1 saturated heterocycles. The van der Waals surface area contributed by atoms with Crippen LogP contribution in [0.1, 0.15) is 38.5 Å². The molecule has 0 amide bonds. The third kappa shape index (κ3) is 3.72. The molecule has 0 aromatic carbocycles. The predicted molar refractivity (Wildman–Crippen MR) is 66.5 cm³/mol. The van der Waals surface area contributed by atoms with Gasteiger partial charge >= 0.3 is 0 Å². The molecule has 0 spiro atoms. The van der Waals surface area contributed by atoms with Crippen LogP contribution in [0.3, 0.4) is 0 Å². The van der Waals surface area contributed by atoms with Gasteiger partial charge in [0, 0.05) is 19.6 Å². The van der Waals surface area contributed by atoms with Crippen molar-refractivity contribution in [3.05, 3.63) is 0 Å². The molecule has 1 heterocycles. The monoisotopic (exact) mass is 226 g/mol. The van der Waals surface area contributed by atoms with Gasteiger partial charge in [-0.3, -0.25) is 0 Å². The van der Waals surface area contributed by atoms with Gasteiger partial charge in [-0.05, 0) is 44.7 Å². The maximum Gasteiger partial charge on any atom is 0.0580 e. The molecule has 1 saturated carbocycles. The summed E-state index contributed by atoms with van der Waals surface area (Å²) in [6.45, 7) is 5.85. The van der Waals surface area contributed by atoms with Crippen LogP contribution in [0, 0.1) is 5.92 Å². The summed E-state index contributed by atoms with van der Waals surface area (Å²) in [7, 11) is 0. The van der Waals surface area contributed by atoms with Crippen LogP contribution < -0.4 is 5.32 Å². The first-order valence-corrected chi connectivity index (χ1v) is 6.97. The van der Waals surface area contributed by atoms with Gasteiger partial charge in [0.05, 0.1) is 6.10 Å². The molecule has 1 aliphatic carbocycles. The number of hydrogen-bond donors (Lipinski definition) is 2. The summed E-state index contributed by atoms with van der Waals surface area (Å²) >= 11 is 0. The first kappa shape index (κ1) is 12.3. The van der Waals surface area contributed by atoms with Crippen LogP contribution in [0.15, 0.2) is 0 Å². The van der Waals surface area contributed by atoms with Crippen LogP contribution in [0.5, 0.6) is 0 Å². The maximum atomic E-state index is 9.83. The topological polar surface area (TPSA) is 35.5 Å². The maximum absolute atomic E-state index is 9.83. The molecule has 16 heavy (non-hydrogen) atoms. The highest BCUT2D eigenvalue weighted by molar-refractivity contribution is 4.76. The molecular formula is C13H26N2O. The van der Waals surface area contributed by atoms with Crippen LogP contribution in [0.25, 0.3) is 0 Å². The zero-order valence-corrected chi connectivity index (χ0v) is 10.3. The van der Waals surface area contributed by atoms with Crippen molar-refractivity contribution in [3.8, 4) is 0 Å². The summed E-state index contributed by atoms with van der Waals surface area (Å²) in [5.74, 6) is 0.507. The SMILES string of the molecule is OC1CCCCC1CNCCN1CCCC1. The average molecular weight is 226 g/mol. The molecule has 0 aromatic rings. The minimum Gasteiger partial charge on any atom is -0.393 e. The second kappa shape index (κ2) is 6.58. The normalized spacial score (nSPS) is 32.1. The van der Waals surface area contributed by atoms with E-state index in [2.05, 4.69) is 10.2 Å². The van der Waals surface area contributed by atoms with Gasteiger partial charge in [0.2, 0.25) is 0 Å². The fraction of sp³-hybridized carbons (Fsp3) is 1.00. The number of likely N-dealkylation sites (tertiary alicyclic amines) is 1. The van der Waals surface area contributed by atoms with E-state index in [1.807, 2.05) is 0 Å². The van der Waals surface area contributed by atoms with Crippen molar-refractivity contribution in [2.24, 2.45) is 5.92 Å². The Morgan fingerprint density at radius 1 is 1.06 bits per heavy atom. The van der Waals surface area contributed by atoms with Gasteiger partial charge < -0.3 is 15.3 Å². The van der Waals surface area contributed by atoms with E-state index in [0.717, 1.165) is 19.5 Å².